The van der Waals surface area contributed by atoms with E-state index in [1.165, 1.54) is 0 Å². The highest BCUT2D eigenvalue weighted by Crippen LogP contribution is 2.29. The Labute approximate surface area is 150 Å². The van der Waals surface area contributed by atoms with Crippen molar-refractivity contribution in [2.45, 2.75) is 32.7 Å². The van der Waals surface area contributed by atoms with Gasteiger partial charge in [-0.3, -0.25) is 4.79 Å². The summed E-state index contributed by atoms with van der Waals surface area (Å²) in [7, 11) is 3.21. The van der Waals surface area contributed by atoms with Crippen LogP contribution in [0.5, 0.6) is 11.5 Å². The number of hydrogen-bond donors (Lipinski definition) is 1. The smallest absolute Gasteiger partial charge is 0.228 e. The quantitative estimate of drug-likeness (QED) is 0.784. The Morgan fingerprint density at radius 3 is 2.32 bits per heavy atom. The van der Waals surface area contributed by atoms with Crippen LogP contribution in [0.4, 0.5) is 0 Å². The van der Waals surface area contributed by atoms with E-state index >= 15 is 0 Å². The summed E-state index contributed by atoms with van der Waals surface area (Å²) < 4.78 is 10.6. The van der Waals surface area contributed by atoms with Gasteiger partial charge >= 0.3 is 0 Å². The lowest BCUT2D eigenvalue weighted by molar-refractivity contribution is -0.123. The zero-order valence-electron chi connectivity index (χ0n) is 15.4. The van der Waals surface area contributed by atoms with Gasteiger partial charge in [0.15, 0.2) is 11.5 Å². The van der Waals surface area contributed by atoms with E-state index in [4.69, 9.17) is 9.47 Å². The van der Waals surface area contributed by atoms with Crippen LogP contribution in [-0.2, 0) is 11.3 Å². The zero-order valence-corrected chi connectivity index (χ0v) is 15.4. The molecule has 0 spiro atoms. The van der Waals surface area contributed by atoms with Gasteiger partial charge in [0.25, 0.3) is 0 Å². The van der Waals surface area contributed by atoms with E-state index in [9.17, 15) is 4.79 Å². The number of methoxy groups -OCH3 is 2. The Hall–Kier alpha value is -2.49. The van der Waals surface area contributed by atoms with Crippen molar-refractivity contribution in [2.24, 2.45) is 5.92 Å². The summed E-state index contributed by atoms with van der Waals surface area (Å²) in [4.78, 5) is 12.8. The SMILES string of the molecule is CCC(C)C(C(=O)NCc1ccc(OC)c(OC)c1)c1ccccc1. The summed E-state index contributed by atoms with van der Waals surface area (Å²) in [5, 5.41) is 3.07. The molecular formula is C21H27NO3. The van der Waals surface area contributed by atoms with Crippen molar-refractivity contribution < 1.29 is 14.3 Å². The lowest BCUT2D eigenvalue weighted by Crippen LogP contribution is -2.32. The molecule has 1 N–H and O–H groups in total. The fraction of sp³-hybridized carbons (Fsp3) is 0.381. The van der Waals surface area contributed by atoms with E-state index in [2.05, 4.69) is 19.2 Å². The first-order valence-electron chi connectivity index (χ1n) is 8.64. The summed E-state index contributed by atoms with van der Waals surface area (Å²) in [5.41, 5.74) is 2.03. The van der Waals surface area contributed by atoms with Gasteiger partial charge in [0, 0.05) is 6.54 Å². The van der Waals surface area contributed by atoms with E-state index < -0.39 is 0 Å². The Balaban J connectivity index is 2.11. The van der Waals surface area contributed by atoms with Gasteiger partial charge in [-0.25, -0.2) is 0 Å². The number of benzene rings is 2. The minimum atomic E-state index is -0.147. The van der Waals surface area contributed by atoms with Crippen LogP contribution in [0.25, 0.3) is 0 Å². The van der Waals surface area contributed by atoms with E-state index in [0.29, 0.717) is 18.0 Å². The molecule has 0 aromatic heterocycles. The van der Waals surface area contributed by atoms with Crippen LogP contribution in [0, 0.1) is 5.92 Å². The first-order valence-corrected chi connectivity index (χ1v) is 8.64. The summed E-state index contributed by atoms with van der Waals surface area (Å²) >= 11 is 0. The Morgan fingerprint density at radius 1 is 1.04 bits per heavy atom. The summed E-state index contributed by atoms with van der Waals surface area (Å²) in [5.74, 6) is 1.52. The minimum Gasteiger partial charge on any atom is -0.493 e. The molecule has 0 fully saturated rings. The van der Waals surface area contributed by atoms with Gasteiger partial charge in [0.05, 0.1) is 20.1 Å². The third-order valence-electron chi connectivity index (χ3n) is 4.57. The van der Waals surface area contributed by atoms with E-state index in [0.717, 1.165) is 17.5 Å². The summed E-state index contributed by atoms with van der Waals surface area (Å²) in [6.07, 6.45) is 0.948. The second-order valence-corrected chi connectivity index (χ2v) is 6.18. The van der Waals surface area contributed by atoms with Crippen molar-refractivity contribution in [1.82, 2.24) is 5.32 Å². The molecule has 0 aliphatic rings. The molecule has 0 saturated carbocycles. The molecule has 25 heavy (non-hydrogen) atoms. The van der Waals surface area contributed by atoms with Crippen LogP contribution >= 0.6 is 0 Å². The zero-order chi connectivity index (χ0) is 18.2. The standard InChI is InChI=1S/C21H27NO3/c1-5-15(2)20(17-9-7-6-8-10-17)21(23)22-14-16-11-12-18(24-3)19(13-16)25-4/h6-13,15,20H,5,14H2,1-4H3,(H,22,23). The number of hydrogen-bond acceptors (Lipinski definition) is 3. The molecule has 0 saturated heterocycles. The molecule has 2 unspecified atom stereocenters. The number of rotatable bonds is 8. The van der Waals surface area contributed by atoms with Gasteiger partial charge in [-0.05, 0) is 29.2 Å². The van der Waals surface area contributed by atoms with Crippen molar-refractivity contribution in [3.05, 3.63) is 59.7 Å². The maximum Gasteiger partial charge on any atom is 0.228 e. The Morgan fingerprint density at radius 2 is 1.72 bits per heavy atom. The molecule has 0 radical (unpaired) electrons. The van der Waals surface area contributed by atoms with Gasteiger partial charge in [0.2, 0.25) is 5.91 Å². The van der Waals surface area contributed by atoms with E-state index in [-0.39, 0.29) is 17.7 Å². The lowest BCUT2D eigenvalue weighted by atomic mass is 9.85. The van der Waals surface area contributed by atoms with Crippen LogP contribution in [0.2, 0.25) is 0 Å². The predicted octanol–water partition coefficient (Wildman–Crippen LogP) is 4.15. The highest BCUT2D eigenvalue weighted by Gasteiger charge is 2.25. The third kappa shape index (κ3) is 4.75. The van der Waals surface area contributed by atoms with Crippen molar-refractivity contribution >= 4 is 5.91 Å². The molecule has 2 aromatic carbocycles. The number of ether oxygens (including phenoxy) is 2. The minimum absolute atomic E-state index is 0.0512. The molecule has 2 atom stereocenters. The first kappa shape index (κ1) is 18.8. The van der Waals surface area contributed by atoms with Crippen molar-refractivity contribution in [2.75, 3.05) is 14.2 Å². The molecule has 2 aromatic rings. The van der Waals surface area contributed by atoms with E-state index in [1.807, 2.05) is 48.5 Å². The average molecular weight is 341 g/mol. The van der Waals surface area contributed by atoms with Gasteiger partial charge < -0.3 is 14.8 Å². The molecule has 0 aliphatic heterocycles. The topological polar surface area (TPSA) is 47.6 Å². The number of nitrogens with one attached hydrogen (secondary N) is 1. The van der Waals surface area contributed by atoms with Gasteiger partial charge in [0.1, 0.15) is 0 Å². The molecule has 0 bridgehead atoms. The van der Waals surface area contributed by atoms with Crippen molar-refractivity contribution in [3.8, 4) is 11.5 Å². The molecule has 4 heteroatoms. The highest BCUT2D eigenvalue weighted by atomic mass is 16.5. The second kappa shape index (κ2) is 9.11. The number of carbonyl (C=O) groups is 1. The van der Waals surface area contributed by atoms with Crippen LogP contribution in [0.15, 0.2) is 48.5 Å². The van der Waals surface area contributed by atoms with Crippen LogP contribution in [-0.4, -0.2) is 20.1 Å². The predicted molar refractivity (Wildman–Crippen MR) is 100 cm³/mol. The number of amides is 1. The average Bonchev–Trinajstić information content (AvgIpc) is 2.66. The molecule has 0 heterocycles. The maximum atomic E-state index is 12.8. The summed E-state index contributed by atoms with van der Waals surface area (Å²) in [6.45, 7) is 4.69. The van der Waals surface area contributed by atoms with Crippen LogP contribution < -0.4 is 14.8 Å². The molecular weight excluding hydrogens is 314 g/mol. The van der Waals surface area contributed by atoms with Gasteiger partial charge in [-0.15, -0.1) is 0 Å². The normalized spacial score (nSPS) is 13.0. The van der Waals surface area contributed by atoms with E-state index in [1.54, 1.807) is 14.2 Å². The lowest BCUT2D eigenvalue weighted by Gasteiger charge is -2.23. The fourth-order valence-electron chi connectivity index (χ4n) is 2.92. The third-order valence-corrected chi connectivity index (χ3v) is 4.57. The van der Waals surface area contributed by atoms with Crippen molar-refractivity contribution in [1.29, 1.82) is 0 Å². The summed E-state index contributed by atoms with van der Waals surface area (Å²) in [6, 6.07) is 15.6. The number of carbonyl (C=O) groups excluding carboxylic acids is 1. The molecule has 4 nitrogen and oxygen atoms in total. The maximum absolute atomic E-state index is 12.8. The molecule has 0 aliphatic carbocycles. The monoisotopic (exact) mass is 341 g/mol. The first-order chi connectivity index (χ1) is 12.1. The van der Waals surface area contributed by atoms with Gasteiger partial charge in [-0.1, -0.05) is 56.7 Å². The highest BCUT2D eigenvalue weighted by molar-refractivity contribution is 5.84. The molecule has 2 rings (SSSR count). The molecule has 134 valence electrons. The van der Waals surface area contributed by atoms with Gasteiger partial charge in [-0.2, -0.15) is 0 Å². The van der Waals surface area contributed by atoms with Crippen LogP contribution in [0.3, 0.4) is 0 Å². The van der Waals surface area contributed by atoms with Crippen molar-refractivity contribution in [3.63, 3.8) is 0 Å². The largest absolute Gasteiger partial charge is 0.493 e. The Kier molecular flexibility index (Phi) is 6.87. The second-order valence-electron chi connectivity index (χ2n) is 6.18. The Bertz CT molecular complexity index is 685. The fourth-order valence-corrected chi connectivity index (χ4v) is 2.92. The van der Waals surface area contributed by atoms with Crippen LogP contribution in [0.1, 0.15) is 37.3 Å². The molecule has 1 amide bonds.